The molecule has 0 aromatic carbocycles. The average Bonchev–Trinajstić information content (AvgIpc) is 2.63. The summed E-state index contributed by atoms with van der Waals surface area (Å²) in [6.45, 7) is 7.46. The molecule has 0 spiro atoms. The molecule has 0 saturated carbocycles. The monoisotopic (exact) mass is 612 g/mol. The summed E-state index contributed by atoms with van der Waals surface area (Å²) in [4.78, 5) is 117. The topological polar surface area (TPSA) is 326 Å². The Morgan fingerprint density at radius 1 is 0.262 bits per heavy atom. The van der Waals surface area contributed by atoms with Gasteiger partial charge in [0.2, 0.25) is 0 Å². The number of hydrogen-bond acceptors (Lipinski definition) is 12. The fraction of sp³-hybridized carbons (Fsp3) is 0.500. The fourth-order valence-electron chi connectivity index (χ4n) is 1.28. The molecular weight excluding hydrogens is 576 g/mol. The maximum atomic E-state index is 9.87. The third-order valence-electron chi connectivity index (χ3n) is 2.40. The second kappa shape index (κ2) is 32.1. The maximum absolute atomic E-state index is 9.87. The second-order valence-corrected chi connectivity index (χ2v) is 7.64. The number of carboxylic acids is 6. The van der Waals surface area contributed by atoms with Crippen LogP contribution in [0.3, 0.4) is 0 Å². The quantitative estimate of drug-likeness (QED) is 0.161. The van der Waals surface area contributed by atoms with E-state index in [9.17, 15) is 57.5 Å². The maximum Gasteiger partial charge on any atom is 0.310 e. The van der Waals surface area contributed by atoms with Gasteiger partial charge in [0, 0.05) is 0 Å². The predicted molar refractivity (Wildman–Crippen MR) is 138 cm³/mol. The first-order valence-electron chi connectivity index (χ1n) is 11.0. The van der Waals surface area contributed by atoms with Crippen molar-refractivity contribution in [2.75, 3.05) is 0 Å². The Morgan fingerprint density at radius 2 is 0.333 bits per heavy atom. The molecule has 0 rings (SSSR count). The predicted octanol–water partition coefficient (Wildman–Crippen LogP) is 0.301. The summed E-state index contributed by atoms with van der Waals surface area (Å²) in [5, 5.41) is 47.2. The summed E-state index contributed by atoms with van der Waals surface area (Å²) in [5.41, 5.74) is 0. The Morgan fingerprint density at radius 3 is 0.333 bits per heavy atom. The van der Waals surface area contributed by atoms with E-state index in [0.29, 0.717) is 0 Å². The summed E-state index contributed by atoms with van der Waals surface area (Å²) in [7, 11) is 0. The zero-order valence-electron chi connectivity index (χ0n) is 23.8. The van der Waals surface area contributed by atoms with E-state index < -0.39 is 35.8 Å². The number of carbonyl (C=O) groups is 12. The van der Waals surface area contributed by atoms with Crippen LogP contribution < -0.4 is 0 Å². The van der Waals surface area contributed by atoms with Crippen LogP contribution in [0.15, 0.2) is 0 Å². The van der Waals surface area contributed by atoms with Crippen LogP contribution in [-0.4, -0.2) is 101 Å². The van der Waals surface area contributed by atoms with Gasteiger partial charge in [-0.3, -0.25) is 57.5 Å². The normalized spacial score (nSPS) is 8.14. The van der Waals surface area contributed by atoms with Crippen LogP contribution in [0.4, 0.5) is 0 Å². The molecule has 0 saturated heterocycles. The summed E-state index contributed by atoms with van der Waals surface area (Å²) < 4.78 is 0. The van der Waals surface area contributed by atoms with Gasteiger partial charge >= 0.3 is 35.8 Å². The first-order valence-corrected chi connectivity index (χ1v) is 11.0. The first kappa shape index (κ1) is 49.8. The van der Waals surface area contributed by atoms with Gasteiger partial charge in [-0.25, -0.2) is 0 Å². The van der Waals surface area contributed by atoms with Gasteiger partial charge in [0.25, 0.3) is 0 Å². The minimum Gasteiger partial charge on any atom is -0.481 e. The average molecular weight is 613 g/mol. The van der Waals surface area contributed by atoms with Gasteiger partial charge in [-0.2, -0.15) is 0 Å². The number of carboxylic acid groups (broad SMARTS) is 6. The lowest BCUT2D eigenvalue weighted by Gasteiger charge is -1.80. The number of carbonyl (C=O) groups excluding carboxylic acids is 6. The number of Topliss-reactive ketones (excluding diaryl/α,β-unsaturated/α-hetero) is 6. The summed E-state index contributed by atoms with van der Waals surface area (Å²) >= 11 is 0. The van der Waals surface area contributed by atoms with E-state index in [1.54, 1.807) is 0 Å². The van der Waals surface area contributed by atoms with Gasteiger partial charge in [0.15, 0.2) is 0 Å². The van der Waals surface area contributed by atoms with Gasteiger partial charge < -0.3 is 30.6 Å². The highest BCUT2D eigenvalue weighted by Gasteiger charge is 2.01. The van der Waals surface area contributed by atoms with Crippen LogP contribution >= 0.6 is 0 Å². The molecule has 0 aromatic heterocycles. The fourth-order valence-corrected chi connectivity index (χ4v) is 1.28. The highest BCUT2D eigenvalue weighted by atomic mass is 16.4. The molecule has 0 radical (unpaired) electrons. The van der Waals surface area contributed by atoms with Crippen LogP contribution in [0.2, 0.25) is 0 Å². The molecule has 0 fully saturated rings. The van der Waals surface area contributed by atoms with Crippen molar-refractivity contribution in [2.24, 2.45) is 0 Å². The third-order valence-corrected chi connectivity index (χ3v) is 2.40. The van der Waals surface area contributed by atoms with Crippen molar-refractivity contribution in [1.82, 2.24) is 0 Å². The molecule has 18 nitrogen and oxygen atoms in total. The standard InChI is InChI=1S/6C4H6O3/c6*1-3(5)2-4(6)7/h6*2H2,1H3,(H,6,7). The van der Waals surface area contributed by atoms with E-state index in [4.69, 9.17) is 30.6 Å². The Kier molecular flexibility index (Phi) is 38.0. The molecule has 0 aliphatic heterocycles. The van der Waals surface area contributed by atoms with Crippen LogP contribution in [-0.2, 0) is 57.5 Å². The molecular formula is C24H36O18. The lowest BCUT2D eigenvalue weighted by molar-refractivity contribution is -0.141. The Hall–Kier alpha value is -5.16. The molecule has 0 heterocycles. The molecule has 6 N–H and O–H groups in total. The van der Waals surface area contributed by atoms with Gasteiger partial charge in [-0.05, 0) is 41.5 Å². The summed E-state index contributed by atoms with van der Waals surface area (Å²) in [6, 6.07) is 0. The zero-order valence-corrected chi connectivity index (χ0v) is 23.8. The third kappa shape index (κ3) is 112. The molecule has 0 bridgehead atoms. The second-order valence-electron chi connectivity index (χ2n) is 7.64. The van der Waals surface area contributed by atoms with Crippen molar-refractivity contribution < 1.29 is 88.2 Å². The van der Waals surface area contributed by atoms with E-state index in [1.165, 1.54) is 41.5 Å². The number of rotatable bonds is 12. The lowest BCUT2D eigenvalue weighted by atomic mass is 10.3. The van der Waals surface area contributed by atoms with Crippen molar-refractivity contribution in [3.63, 3.8) is 0 Å². The minimum atomic E-state index is -1.06. The van der Waals surface area contributed by atoms with E-state index in [0.717, 1.165) is 0 Å². The SMILES string of the molecule is CC(=O)CC(=O)O.CC(=O)CC(=O)O.CC(=O)CC(=O)O.CC(=O)CC(=O)O.CC(=O)CC(=O)O.CC(=O)CC(=O)O. The van der Waals surface area contributed by atoms with Gasteiger partial charge in [-0.15, -0.1) is 0 Å². The van der Waals surface area contributed by atoms with Crippen LogP contribution in [0, 0.1) is 0 Å². The first-order chi connectivity index (χ1) is 18.8. The lowest BCUT2D eigenvalue weighted by Crippen LogP contribution is -2.00. The molecule has 0 amide bonds. The van der Waals surface area contributed by atoms with Gasteiger partial charge in [-0.1, -0.05) is 0 Å². The smallest absolute Gasteiger partial charge is 0.310 e. The highest BCUT2D eigenvalue weighted by molar-refractivity contribution is 5.95. The van der Waals surface area contributed by atoms with Crippen molar-refractivity contribution in [3.8, 4) is 0 Å². The number of hydrogen-bond donors (Lipinski definition) is 6. The minimum absolute atomic E-state index is 0.312. The van der Waals surface area contributed by atoms with Crippen molar-refractivity contribution >= 4 is 70.5 Å². The van der Waals surface area contributed by atoms with E-state index in [1.807, 2.05) is 0 Å². The van der Waals surface area contributed by atoms with E-state index in [2.05, 4.69) is 0 Å². The van der Waals surface area contributed by atoms with Crippen molar-refractivity contribution in [3.05, 3.63) is 0 Å². The van der Waals surface area contributed by atoms with Crippen LogP contribution in [0.5, 0.6) is 0 Å². The Balaban J connectivity index is -0.0000000926. The summed E-state index contributed by atoms with van der Waals surface area (Å²) in [6.07, 6.45) is -2.17. The molecule has 42 heavy (non-hydrogen) atoms. The summed E-state index contributed by atoms with van der Waals surface area (Å²) in [5.74, 6) is -8.25. The van der Waals surface area contributed by atoms with Crippen LogP contribution in [0.25, 0.3) is 0 Å². The Labute approximate surface area is 239 Å². The van der Waals surface area contributed by atoms with E-state index >= 15 is 0 Å². The number of aliphatic carboxylic acids is 6. The highest BCUT2D eigenvalue weighted by Crippen LogP contribution is 1.80. The molecule has 240 valence electrons. The molecule has 18 heteroatoms. The molecule has 0 aromatic rings. The zero-order chi connectivity index (χ0) is 35.2. The van der Waals surface area contributed by atoms with Crippen molar-refractivity contribution in [2.45, 2.75) is 80.1 Å². The van der Waals surface area contributed by atoms with Gasteiger partial charge in [0.1, 0.15) is 73.2 Å². The van der Waals surface area contributed by atoms with Crippen LogP contribution in [0.1, 0.15) is 80.1 Å². The molecule has 0 aliphatic carbocycles. The van der Waals surface area contributed by atoms with Gasteiger partial charge in [0.05, 0.1) is 0 Å². The van der Waals surface area contributed by atoms with Crippen molar-refractivity contribution in [1.29, 1.82) is 0 Å². The molecule has 0 aliphatic rings. The number of ketones is 6. The Bertz CT molecular complexity index is 700. The molecule has 0 atom stereocenters. The van der Waals surface area contributed by atoms with E-state index in [-0.39, 0.29) is 73.2 Å². The molecule has 0 unspecified atom stereocenters. The largest absolute Gasteiger partial charge is 0.481 e.